The summed E-state index contributed by atoms with van der Waals surface area (Å²) >= 11 is 0. The number of nitrogens with zero attached hydrogens (tertiary/aromatic N) is 1. The van der Waals surface area contributed by atoms with Crippen LogP contribution in [0.15, 0.2) is 24.3 Å². The molecule has 1 aromatic rings. The summed E-state index contributed by atoms with van der Waals surface area (Å²) < 4.78 is 0. The number of amidine groups is 1. The van der Waals surface area contributed by atoms with E-state index in [0.717, 1.165) is 43.6 Å². The summed E-state index contributed by atoms with van der Waals surface area (Å²) in [5, 5.41) is 16.8. The molecule has 0 aliphatic carbocycles. The molecule has 18 heavy (non-hydrogen) atoms. The normalized spacial score (nSPS) is 20.8. The molecule has 1 aromatic carbocycles. The van der Waals surface area contributed by atoms with E-state index in [1.165, 1.54) is 0 Å². The van der Waals surface area contributed by atoms with Crippen LogP contribution in [-0.2, 0) is 6.54 Å². The van der Waals surface area contributed by atoms with E-state index >= 15 is 0 Å². The van der Waals surface area contributed by atoms with Crippen molar-refractivity contribution in [2.45, 2.75) is 19.4 Å². The molecule has 1 atom stereocenters. The number of hydrogen-bond acceptors (Lipinski definition) is 3. The molecular weight excluding hydrogens is 226 g/mol. The van der Waals surface area contributed by atoms with Gasteiger partial charge >= 0.3 is 0 Å². The predicted octanol–water partition coefficient (Wildman–Crippen LogP) is 1.17. The second kappa shape index (κ2) is 5.98. The molecule has 0 spiro atoms. The molecule has 1 fully saturated rings. The summed E-state index contributed by atoms with van der Waals surface area (Å²) in [6, 6.07) is 7.81. The van der Waals surface area contributed by atoms with E-state index < -0.39 is 0 Å². The monoisotopic (exact) mass is 247 g/mol. The van der Waals surface area contributed by atoms with Crippen LogP contribution in [-0.4, -0.2) is 35.5 Å². The van der Waals surface area contributed by atoms with E-state index in [1.54, 1.807) is 0 Å². The van der Waals surface area contributed by atoms with Gasteiger partial charge in [-0.25, -0.2) is 0 Å². The van der Waals surface area contributed by atoms with E-state index in [-0.39, 0.29) is 12.4 Å². The molecule has 1 aliphatic heterocycles. The van der Waals surface area contributed by atoms with Crippen molar-refractivity contribution in [2.24, 2.45) is 11.7 Å². The van der Waals surface area contributed by atoms with Gasteiger partial charge < -0.3 is 10.8 Å². The lowest BCUT2D eigenvalue weighted by Gasteiger charge is -2.32. The number of rotatable bonds is 4. The minimum atomic E-state index is 0.126. The zero-order valence-electron chi connectivity index (χ0n) is 10.6. The topological polar surface area (TPSA) is 73.3 Å². The predicted molar refractivity (Wildman–Crippen MR) is 72.5 cm³/mol. The lowest BCUT2D eigenvalue weighted by molar-refractivity contribution is 0.116. The summed E-state index contributed by atoms with van der Waals surface area (Å²) in [4.78, 5) is 2.34. The Morgan fingerprint density at radius 1 is 1.44 bits per heavy atom. The Hall–Kier alpha value is -1.39. The third kappa shape index (κ3) is 3.09. The third-order valence-electron chi connectivity index (χ3n) is 3.56. The Labute approximate surface area is 108 Å². The van der Waals surface area contributed by atoms with Crippen molar-refractivity contribution in [2.75, 3.05) is 19.7 Å². The Balaban J connectivity index is 2.07. The van der Waals surface area contributed by atoms with Crippen LogP contribution in [0.4, 0.5) is 0 Å². The molecule has 1 heterocycles. The maximum Gasteiger partial charge on any atom is 0.123 e. The fourth-order valence-corrected chi connectivity index (χ4v) is 2.61. The number of aliphatic hydroxyl groups is 1. The molecule has 4 N–H and O–H groups in total. The minimum Gasteiger partial charge on any atom is -0.396 e. The van der Waals surface area contributed by atoms with Crippen molar-refractivity contribution >= 4 is 5.84 Å². The van der Waals surface area contributed by atoms with Gasteiger partial charge in [0, 0.05) is 25.3 Å². The lowest BCUT2D eigenvalue weighted by atomic mass is 9.98. The summed E-state index contributed by atoms with van der Waals surface area (Å²) in [6.45, 7) is 3.07. The van der Waals surface area contributed by atoms with Crippen molar-refractivity contribution in [1.82, 2.24) is 4.90 Å². The molecule has 0 radical (unpaired) electrons. The molecule has 0 aromatic heterocycles. The smallest absolute Gasteiger partial charge is 0.123 e. The van der Waals surface area contributed by atoms with E-state index in [2.05, 4.69) is 4.90 Å². The number of nitrogens with two attached hydrogens (primary N) is 1. The van der Waals surface area contributed by atoms with Gasteiger partial charge in [0.2, 0.25) is 0 Å². The number of nitrogen functional groups attached to an aromatic ring is 1. The number of hydrogen-bond donors (Lipinski definition) is 3. The lowest BCUT2D eigenvalue weighted by Crippen LogP contribution is -2.36. The van der Waals surface area contributed by atoms with E-state index in [1.807, 2.05) is 24.3 Å². The number of nitrogens with one attached hydrogen (secondary N) is 1. The second-order valence-corrected chi connectivity index (χ2v) is 5.00. The first-order valence-corrected chi connectivity index (χ1v) is 6.46. The first kappa shape index (κ1) is 13.1. The first-order chi connectivity index (χ1) is 8.70. The van der Waals surface area contributed by atoms with Crippen molar-refractivity contribution < 1.29 is 5.11 Å². The van der Waals surface area contributed by atoms with Crippen LogP contribution < -0.4 is 5.73 Å². The zero-order chi connectivity index (χ0) is 13.0. The highest BCUT2D eigenvalue weighted by Gasteiger charge is 2.20. The highest BCUT2D eigenvalue weighted by Crippen LogP contribution is 2.19. The van der Waals surface area contributed by atoms with Gasteiger partial charge in [0.15, 0.2) is 0 Å². The van der Waals surface area contributed by atoms with Crippen molar-refractivity contribution in [3.05, 3.63) is 35.4 Å². The average Bonchev–Trinajstić information content (AvgIpc) is 2.39. The molecule has 98 valence electrons. The molecule has 4 nitrogen and oxygen atoms in total. The third-order valence-corrected chi connectivity index (χ3v) is 3.56. The van der Waals surface area contributed by atoms with Crippen LogP contribution >= 0.6 is 0 Å². The molecule has 1 saturated heterocycles. The molecule has 1 aliphatic rings. The van der Waals surface area contributed by atoms with Crippen molar-refractivity contribution in [3.63, 3.8) is 0 Å². The SMILES string of the molecule is N=C(N)c1ccccc1CN1CCCC(CO)C1. The molecule has 0 bridgehead atoms. The maximum atomic E-state index is 9.24. The van der Waals surface area contributed by atoms with Gasteiger partial charge in [-0.1, -0.05) is 24.3 Å². The highest BCUT2D eigenvalue weighted by atomic mass is 16.3. The Kier molecular flexibility index (Phi) is 4.33. The molecule has 0 saturated carbocycles. The fraction of sp³-hybridized carbons (Fsp3) is 0.500. The summed E-state index contributed by atoms with van der Waals surface area (Å²) in [6.07, 6.45) is 2.24. The van der Waals surface area contributed by atoms with Crippen molar-refractivity contribution in [3.8, 4) is 0 Å². The largest absolute Gasteiger partial charge is 0.396 e. The number of aliphatic hydroxyl groups excluding tert-OH is 1. The van der Waals surface area contributed by atoms with Crippen LogP contribution in [0.2, 0.25) is 0 Å². The Morgan fingerprint density at radius 3 is 2.94 bits per heavy atom. The van der Waals surface area contributed by atoms with Gasteiger partial charge in [0.1, 0.15) is 5.84 Å². The highest BCUT2D eigenvalue weighted by molar-refractivity contribution is 5.96. The van der Waals surface area contributed by atoms with E-state index in [0.29, 0.717) is 5.92 Å². The Morgan fingerprint density at radius 2 is 2.22 bits per heavy atom. The fourth-order valence-electron chi connectivity index (χ4n) is 2.61. The molecule has 2 rings (SSSR count). The van der Waals surface area contributed by atoms with Gasteiger partial charge in [0.25, 0.3) is 0 Å². The van der Waals surface area contributed by atoms with E-state index in [9.17, 15) is 5.11 Å². The zero-order valence-corrected chi connectivity index (χ0v) is 10.6. The Bertz CT molecular complexity index is 419. The quantitative estimate of drug-likeness (QED) is 0.552. The second-order valence-electron chi connectivity index (χ2n) is 5.00. The van der Waals surface area contributed by atoms with Gasteiger partial charge in [-0.15, -0.1) is 0 Å². The molecule has 4 heteroatoms. The van der Waals surface area contributed by atoms with Gasteiger partial charge in [-0.2, -0.15) is 0 Å². The van der Waals surface area contributed by atoms with Crippen LogP contribution in [0.5, 0.6) is 0 Å². The first-order valence-electron chi connectivity index (χ1n) is 6.46. The molecule has 0 amide bonds. The number of benzene rings is 1. The van der Waals surface area contributed by atoms with Gasteiger partial charge in [0.05, 0.1) is 0 Å². The molecule has 1 unspecified atom stereocenters. The molecular formula is C14H21N3O. The maximum absolute atomic E-state index is 9.24. The summed E-state index contributed by atoms with van der Waals surface area (Å²) in [5.74, 6) is 0.518. The number of piperidine rings is 1. The average molecular weight is 247 g/mol. The summed E-state index contributed by atoms with van der Waals surface area (Å²) in [5.41, 5.74) is 7.52. The number of likely N-dealkylation sites (tertiary alicyclic amines) is 1. The van der Waals surface area contributed by atoms with Crippen LogP contribution in [0, 0.1) is 11.3 Å². The van der Waals surface area contributed by atoms with Crippen molar-refractivity contribution in [1.29, 1.82) is 5.41 Å². The van der Waals surface area contributed by atoms with Crippen LogP contribution in [0.3, 0.4) is 0 Å². The van der Waals surface area contributed by atoms with Gasteiger partial charge in [-0.3, -0.25) is 10.3 Å². The van der Waals surface area contributed by atoms with Crippen LogP contribution in [0.25, 0.3) is 0 Å². The van der Waals surface area contributed by atoms with Gasteiger partial charge in [-0.05, 0) is 30.9 Å². The minimum absolute atomic E-state index is 0.126. The van der Waals surface area contributed by atoms with E-state index in [4.69, 9.17) is 11.1 Å². The summed E-state index contributed by atoms with van der Waals surface area (Å²) in [7, 11) is 0. The standard InChI is InChI=1S/C14H21N3O/c15-14(16)13-6-2-1-5-12(13)9-17-7-3-4-11(8-17)10-18/h1-2,5-6,11,18H,3-4,7-10H2,(H3,15,16). The van der Waals surface area contributed by atoms with Crippen LogP contribution in [0.1, 0.15) is 24.0 Å².